The summed E-state index contributed by atoms with van der Waals surface area (Å²) in [5.41, 5.74) is 5.47. The summed E-state index contributed by atoms with van der Waals surface area (Å²) in [7, 11) is 0. The molecule has 43 heavy (non-hydrogen) atoms. The van der Waals surface area contributed by atoms with Crippen molar-refractivity contribution >= 4 is 22.8 Å². The molecule has 2 heterocycles. The summed E-state index contributed by atoms with van der Waals surface area (Å²) in [6.45, 7) is 6.86. The van der Waals surface area contributed by atoms with Crippen molar-refractivity contribution in [2.24, 2.45) is 0 Å². The monoisotopic (exact) mass is 588 g/mol. The van der Waals surface area contributed by atoms with E-state index in [0.29, 0.717) is 6.54 Å². The van der Waals surface area contributed by atoms with Crippen molar-refractivity contribution in [3.05, 3.63) is 77.9 Å². The van der Waals surface area contributed by atoms with Crippen molar-refractivity contribution in [3.8, 4) is 28.5 Å². The van der Waals surface area contributed by atoms with Crippen molar-refractivity contribution in [1.82, 2.24) is 9.47 Å². The molecule has 0 amide bonds. The Morgan fingerprint density at radius 3 is 2.00 bits per heavy atom. The number of aliphatic carboxylic acids is 2. The largest absolute Gasteiger partial charge is 0.508 e. The maximum absolute atomic E-state index is 10.1. The van der Waals surface area contributed by atoms with Gasteiger partial charge in [-0.1, -0.05) is 25.0 Å². The summed E-state index contributed by atoms with van der Waals surface area (Å²) in [5.74, 6) is -0.740. The molecule has 0 unspecified atom stereocenters. The number of benzene rings is 3. The number of ether oxygens (including phenoxy) is 1. The number of carboxylic acids is 2. The van der Waals surface area contributed by atoms with Crippen molar-refractivity contribution < 1.29 is 34.8 Å². The van der Waals surface area contributed by atoms with Gasteiger partial charge in [-0.3, -0.25) is 14.5 Å². The molecule has 9 nitrogen and oxygen atoms in total. The summed E-state index contributed by atoms with van der Waals surface area (Å²) in [4.78, 5) is 21.8. The minimum absolute atomic E-state index is 0.248. The van der Waals surface area contributed by atoms with Crippen LogP contribution in [0.1, 0.15) is 49.7 Å². The number of rotatable bonds is 10. The van der Waals surface area contributed by atoms with Crippen molar-refractivity contribution in [3.63, 3.8) is 0 Å². The summed E-state index contributed by atoms with van der Waals surface area (Å²) in [6, 6.07) is 21.2. The summed E-state index contributed by atoms with van der Waals surface area (Å²) < 4.78 is 8.33. The first-order chi connectivity index (χ1) is 20.7. The van der Waals surface area contributed by atoms with Crippen LogP contribution in [0.3, 0.4) is 0 Å². The molecule has 1 fully saturated rings. The molecule has 4 N–H and O–H groups in total. The second-order valence-corrected chi connectivity index (χ2v) is 10.8. The molecule has 0 atom stereocenters. The first kappa shape index (κ1) is 31.4. The van der Waals surface area contributed by atoms with Crippen molar-refractivity contribution in [2.45, 2.75) is 52.0 Å². The molecule has 0 saturated carbocycles. The number of carbonyl (C=O) groups is 2. The number of aryl methyl sites for hydroxylation is 1. The number of phenolic OH excluding ortho intramolecular Hbond substituents is 2. The summed E-state index contributed by atoms with van der Waals surface area (Å²) >= 11 is 0. The quantitative estimate of drug-likeness (QED) is 0.171. The van der Waals surface area contributed by atoms with E-state index in [1.165, 1.54) is 44.3 Å². The molecule has 0 radical (unpaired) electrons. The van der Waals surface area contributed by atoms with Gasteiger partial charge in [-0.05, 0) is 104 Å². The molecule has 4 aromatic rings. The third-order valence-electron chi connectivity index (χ3n) is 7.63. The molecular weight excluding hydrogens is 548 g/mol. The van der Waals surface area contributed by atoms with Crippen LogP contribution in [0.25, 0.3) is 22.2 Å². The lowest BCUT2D eigenvalue weighted by atomic mass is 10.1. The zero-order chi connectivity index (χ0) is 30.8. The fourth-order valence-electron chi connectivity index (χ4n) is 5.41. The molecule has 1 aromatic heterocycles. The highest BCUT2D eigenvalue weighted by Gasteiger charge is 2.17. The molecule has 5 rings (SSSR count). The Morgan fingerprint density at radius 2 is 1.40 bits per heavy atom. The van der Waals surface area contributed by atoms with Gasteiger partial charge in [0.2, 0.25) is 0 Å². The highest BCUT2D eigenvalue weighted by Crippen LogP contribution is 2.36. The van der Waals surface area contributed by atoms with Crippen LogP contribution < -0.4 is 4.74 Å². The Hall–Kier alpha value is -4.50. The minimum atomic E-state index is -1.08. The van der Waals surface area contributed by atoms with E-state index in [1.54, 1.807) is 18.2 Å². The van der Waals surface area contributed by atoms with Gasteiger partial charge in [-0.2, -0.15) is 0 Å². The second kappa shape index (κ2) is 15.1. The molecule has 0 aliphatic carbocycles. The van der Waals surface area contributed by atoms with E-state index in [-0.39, 0.29) is 24.3 Å². The fraction of sp³-hybridized carbons (Fsp3) is 0.353. The lowest BCUT2D eigenvalue weighted by molar-refractivity contribution is -0.143. The molecule has 1 saturated heterocycles. The predicted octanol–water partition coefficient (Wildman–Crippen LogP) is 6.27. The maximum Gasteiger partial charge on any atom is 0.303 e. The normalized spacial score (nSPS) is 13.6. The van der Waals surface area contributed by atoms with Crippen molar-refractivity contribution in [2.75, 3.05) is 26.2 Å². The number of carboxylic acid groups (broad SMARTS) is 2. The van der Waals surface area contributed by atoms with E-state index < -0.39 is 11.9 Å². The van der Waals surface area contributed by atoms with E-state index in [0.717, 1.165) is 46.6 Å². The third-order valence-corrected chi connectivity index (χ3v) is 7.63. The van der Waals surface area contributed by atoms with E-state index in [4.69, 9.17) is 14.9 Å². The molecule has 3 aromatic carbocycles. The highest BCUT2D eigenvalue weighted by atomic mass is 16.5. The lowest BCUT2D eigenvalue weighted by Crippen LogP contribution is -2.29. The van der Waals surface area contributed by atoms with E-state index in [9.17, 15) is 19.8 Å². The number of hydrogen-bond acceptors (Lipinski definition) is 6. The second-order valence-electron chi connectivity index (χ2n) is 10.8. The predicted molar refractivity (Wildman–Crippen MR) is 166 cm³/mol. The van der Waals surface area contributed by atoms with E-state index in [2.05, 4.69) is 40.7 Å². The van der Waals surface area contributed by atoms with Gasteiger partial charge in [-0.25, -0.2) is 0 Å². The van der Waals surface area contributed by atoms with Gasteiger partial charge in [0.05, 0.1) is 18.5 Å². The number of nitrogens with zero attached hydrogens (tertiary/aromatic N) is 2. The van der Waals surface area contributed by atoms with Gasteiger partial charge in [0.25, 0.3) is 0 Å². The van der Waals surface area contributed by atoms with Gasteiger partial charge >= 0.3 is 11.9 Å². The van der Waals surface area contributed by atoms with Crippen LogP contribution in [0.15, 0.2) is 66.7 Å². The molecule has 0 spiro atoms. The smallest absolute Gasteiger partial charge is 0.303 e. The molecule has 9 heteroatoms. The highest BCUT2D eigenvalue weighted by molar-refractivity contribution is 5.92. The zero-order valence-electron chi connectivity index (χ0n) is 24.5. The van der Waals surface area contributed by atoms with Crippen LogP contribution in [0.5, 0.6) is 17.2 Å². The van der Waals surface area contributed by atoms with Gasteiger partial charge < -0.3 is 29.7 Å². The van der Waals surface area contributed by atoms with Crippen LogP contribution in [0.4, 0.5) is 0 Å². The number of fused-ring (bicyclic) bond motifs is 1. The van der Waals surface area contributed by atoms with E-state index in [1.807, 2.05) is 24.3 Å². The molecule has 0 bridgehead atoms. The fourth-order valence-corrected chi connectivity index (χ4v) is 5.41. The first-order valence-electron chi connectivity index (χ1n) is 14.7. The minimum Gasteiger partial charge on any atom is -0.508 e. The van der Waals surface area contributed by atoms with Gasteiger partial charge in [0.15, 0.2) is 0 Å². The number of aromatic nitrogens is 1. The Balaban J connectivity index is 0.000000467. The lowest BCUT2D eigenvalue weighted by Gasteiger charge is -2.19. The summed E-state index contributed by atoms with van der Waals surface area (Å²) in [5, 5.41) is 36.7. The maximum atomic E-state index is 10.1. The van der Waals surface area contributed by atoms with Crippen LogP contribution in [-0.2, 0) is 16.1 Å². The van der Waals surface area contributed by atoms with Crippen LogP contribution >= 0.6 is 0 Å². The van der Waals surface area contributed by atoms with Crippen molar-refractivity contribution in [1.29, 1.82) is 0 Å². The van der Waals surface area contributed by atoms with Gasteiger partial charge in [0, 0.05) is 24.0 Å². The van der Waals surface area contributed by atoms with Gasteiger partial charge in [-0.15, -0.1) is 0 Å². The number of likely N-dealkylation sites (tertiary alicyclic amines) is 1. The standard InChI is InChI=1S/C30H34N2O3.C4H6O4/c1-22-28-20-26(34)12-15-29(28)32(30(22)24-8-10-25(33)11-9-24)21-23-6-13-27(14-7-23)35-19-18-31-16-4-2-3-5-17-31;5-3(6)1-2-4(7)8/h6-15,20,33-34H,2-5,16-19,21H2,1H3;1-2H2,(H,5,6)(H,7,8). The Labute approximate surface area is 251 Å². The number of hydrogen-bond donors (Lipinski definition) is 4. The Morgan fingerprint density at radius 1 is 0.791 bits per heavy atom. The van der Waals surface area contributed by atoms with E-state index >= 15 is 0 Å². The van der Waals surface area contributed by atoms with Crippen LogP contribution in [-0.4, -0.2) is 68.1 Å². The average molecular weight is 589 g/mol. The molecular formula is C34H40N2O7. The first-order valence-corrected chi connectivity index (χ1v) is 14.7. The molecule has 1 aliphatic rings. The SMILES string of the molecule is Cc1c(-c2ccc(O)cc2)n(Cc2ccc(OCCN3CCCCCC3)cc2)c2ccc(O)cc12.O=C(O)CCC(=O)O. The molecule has 228 valence electrons. The van der Waals surface area contributed by atoms with Crippen LogP contribution in [0, 0.1) is 6.92 Å². The average Bonchev–Trinajstić information content (AvgIpc) is 3.12. The van der Waals surface area contributed by atoms with Crippen LogP contribution in [0.2, 0.25) is 0 Å². The number of aromatic hydroxyl groups is 2. The Kier molecular flexibility index (Phi) is 11.0. The Bertz CT molecular complexity index is 1490. The molecule has 1 aliphatic heterocycles. The third kappa shape index (κ3) is 8.99. The topological polar surface area (TPSA) is 132 Å². The zero-order valence-corrected chi connectivity index (χ0v) is 24.5. The summed E-state index contributed by atoms with van der Waals surface area (Å²) in [6.07, 6.45) is 4.71. The number of phenols is 2. The van der Waals surface area contributed by atoms with Gasteiger partial charge in [0.1, 0.15) is 23.9 Å².